The van der Waals surface area contributed by atoms with Crippen LogP contribution in [0.5, 0.6) is 0 Å². The first-order valence-corrected chi connectivity index (χ1v) is 5.39. The second kappa shape index (κ2) is 4.13. The van der Waals surface area contributed by atoms with Crippen LogP contribution < -0.4 is 0 Å². The molecule has 0 spiro atoms. The zero-order valence-electron chi connectivity index (χ0n) is 8.51. The standard InChI is InChI=1S/C10H7N5S/c1-7-5-16-10(14-7)4-15-6-13-8(2-11)9(15)3-12/h5-6H,4H2,1H3. The van der Waals surface area contributed by atoms with Gasteiger partial charge >= 0.3 is 0 Å². The van der Waals surface area contributed by atoms with Gasteiger partial charge in [0, 0.05) is 11.1 Å². The Hall–Kier alpha value is -2.18. The van der Waals surface area contributed by atoms with Gasteiger partial charge in [-0.25, -0.2) is 9.97 Å². The highest BCUT2D eigenvalue weighted by Crippen LogP contribution is 2.13. The van der Waals surface area contributed by atoms with Crippen LogP contribution in [0.25, 0.3) is 0 Å². The normalized spacial score (nSPS) is 9.69. The minimum absolute atomic E-state index is 0.163. The number of imidazole rings is 1. The Morgan fingerprint density at radius 1 is 1.44 bits per heavy atom. The van der Waals surface area contributed by atoms with Gasteiger partial charge < -0.3 is 4.57 Å². The third-order valence-electron chi connectivity index (χ3n) is 2.02. The summed E-state index contributed by atoms with van der Waals surface area (Å²) in [6.07, 6.45) is 1.49. The summed E-state index contributed by atoms with van der Waals surface area (Å²) in [6.45, 7) is 2.40. The fourth-order valence-corrected chi connectivity index (χ4v) is 2.09. The average molecular weight is 229 g/mol. The van der Waals surface area contributed by atoms with E-state index in [4.69, 9.17) is 10.5 Å². The van der Waals surface area contributed by atoms with Gasteiger partial charge in [0.25, 0.3) is 0 Å². The molecule has 0 atom stereocenters. The molecule has 0 aliphatic heterocycles. The maximum Gasteiger partial charge on any atom is 0.176 e. The van der Waals surface area contributed by atoms with E-state index in [1.807, 2.05) is 24.4 Å². The first kappa shape index (κ1) is 10.3. The first-order valence-electron chi connectivity index (χ1n) is 4.51. The lowest BCUT2D eigenvalue weighted by Crippen LogP contribution is -2.01. The van der Waals surface area contributed by atoms with Crippen LogP contribution in [0.1, 0.15) is 22.1 Å². The van der Waals surface area contributed by atoms with E-state index in [-0.39, 0.29) is 11.4 Å². The largest absolute Gasteiger partial charge is 0.314 e. The summed E-state index contributed by atoms with van der Waals surface area (Å²) in [4.78, 5) is 8.16. The Balaban J connectivity index is 2.33. The third-order valence-corrected chi connectivity index (χ3v) is 2.97. The van der Waals surface area contributed by atoms with Crippen LogP contribution in [-0.2, 0) is 6.54 Å². The molecule has 16 heavy (non-hydrogen) atoms. The molecule has 0 bridgehead atoms. The second-order valence-electron chi connectivity index (χ2n) is 3.18. The van der Waals surface area contributed by atoms with Crippen molar-refractivity contribution in [2.75, 3.05) is 0 Å². The summed E-state index contributed by atoms with van der Waals surface area (Å²) >= 11 is 1.53. The molecule has 2 heterocycles. The molecular formula is C10H7N5S. The van der Waals surface area contributed by atoms with Crippen molar-refractivity contribution in [3.05, 3.63) is 33.8 Å². The van der Waals surface area contributed by atoms with Gasteiger partial charge in [-0.05, 0) is 6.92 Å². The van der Waals surface area contributed by atoms with Crippen LogP contribution >= 0.6 is 11.3 Å². The lowest BCUT2D eigenvalue weighted by Gasteiger charge is -1.99. The van der Waals surface area contributed by atoms with Gasteiger partial charge in [-0.15, -0.1) is 11.3 Å². The first-order chi connectivity index (χ1) is 7.74. The molecule has 0 N–H and O–H groups in total. The van der Waals surface area contributed by atoms with Crippen LogP contribution in [-0.4, -0.2) is 14.5 Å². The Morgan fingerprint density at radius 2 is 2.25 bits per heavy atom. The van der Waals surface area contributed by atoms with Crippen LogP contribution in [0.4, 0.5) is 0 Å². The molecule has 0 unspecified atom stereocenters. The van der Waals surface area contributed by atoms with Crippen molar-refractivity contribution in [2.24, 2.45) is 0 Å². The molecule has 2 aromatic rings. The predicted octanol–water partition coefficient (Wildman–Crippen LogP) is 1.44. The Bertz CT molecular complexity index is 595. The Labute approximate surface area is 96.2 Å². The summed E-state index contributed by atoms with van der Waals surface area (Å²) in [5.41, 5.74) is 1.41. The van der Waals surface area contributed by atoms with E-state index in [0.717, 1.165) is 10.7 Å². The van der Waals surface area contributed by atoms with Crippen molar-refractivity contribution in [2.45, 2.75) is 13.5 Å². The van der Waals surface area contributed by atoms with Crippen molar-refractivity contribution in [1.82, 2.24) is 14.5 Å². The monoisotopic (exact) mass is 229 g/mol. The van der Waals surface area contributed by atoms with E-state index in [1.54, 1.807) is 4.57 Å². The zero-order valence-corrected chi connectivity index (χ0v) is 9.32. The van der Waals surface area contributed by atoms with Gasteiger partial charge in [0.05, 0.1) is 12.9 Å². The van der Waals surface area contributed by atoms with E-state index in [0.29, 0.717) is 6.54 Å². The van der Waals surface area contributed by atoms with Gasteiger partial charge in [-0.2, -0.15) is 10.5 Å². The van der Waals surface area contributed by atoms with Gasteiger partial charge in [-0.1, -0.05) is 0 Å². The molecule has 0 saturated heterocycles. The number of nitriles is 2. The molecule has 78 valence electrons. The van der Waals surface area contributed by atoms with Gasteiger partial charge in [0.15, 0.2) is 11.4 Å². The summed E-state index contributed by atoms with van der Waals surface area (Å²) in [6, 6.07) is 3.86. The lowest BCUT2D eigenvalue weighted by atomic mass is 10.3. The fraction of sp³-hybridized carbons (Fsp3) is 0.200. The highest BCUT2D eigenvalue weighted by molar-refractivity contribution is 7.09. The smallest absolute Gasteiger partial charge is 0.176 e. The topological polar surface area (TPSA) is 78.3 Å². The summed E-state index contributed by atoms with van der Waals surface area (Å²) in [7, 11) is 0. The van der Waals surface area contributed by atoms with Gasteiger partial charge in [0.2, 0.25) is 0 Å². The highest BCUT2D eigenvalue weighted by Gasteiger charge is 2.11. The van der Waals surface area contributed by atoms with Crippen molar-refractivity contribution < 1.29 is 0 Å². The number of rotatable bonds is 2. The summed E-state index contributed by atoms with van der Waals surface area (Å²) in [5.74, 6) is 0. The molecular weight excluding hydrogens is 222 g/mol. The highest BCUT2D eigenvalue weighted by atomic mass is 32.1. The number of hydrogen-bond acceptors (Lipinski definition) is 5. The molecule has 0 aliphatic rings. The van der Waals surface area contributed by atoms with E-state index in [1.165, 1.54) is 17.7 Å². The van der Waals surface area contributed by atoms with Crippen LogP contribution in [0.15, 0.2) is 11.7 Å². The SMILES string of the molecule is Cc1csc(Cn2cnc(C#N)c2C#N)n1. The van der Waals surface area contributed by atoms with Crippen molar-refractivity contribution >= 4 is 11.3 Å². The molecule has 0 aromatic carbocycles. The predicted molar refractivity (Wildman–Crippen MR) is 57.6 cm³/mol. The average Bonchev–Trinajstić information content (AvgIpc) is 2.85. The minimum Gasteiger partial charge on any atom is -0.314 e. The number of aromatic nitrogens is 3. The zero-order chi connectivity index (χ0) is 11.5. The summed E-state index contributed by atoms with van der Waals surface area (Å²) < 4.78 is 1.64. The molecule has 6 heteroatoms. The number of aryl methyl sites for hydroxylation is 1. The van der Waals surface area contributed by atoms with Gasteiger partial charge in [0.1, 0.15) is 17.1 Å². The molecule has 0 saturated carbocycles. The Morgan fingerprint density at radius 3 is 2.81 bits per heavy atom. The minimum atomic E-state index is 0.163. The molecule has 0 radical (unpaired) electrons. The lowest BCUT2D eigenvalue weighted by molar-refractivity contribution is 0.777. The van der Waals surface area contributed by atoms with Crippen molar-refractivity contribution in [3.63, 3.8) is 0 Å². The molecule has 0 amide bonds. The molecule has 2 aromatic heterocycles. The quantitative estimate of drug-likeness (QED) is 0.780. The van der Waals surface area contributed by atoms with Crippen LogP contribution in [0.2, 0.25) is 0 Å². The summed E-state index contributed by atoms with van der Waals surface area (Å²) in [5, 5.41) is 20.5. The fourth-order valence-electron chi connectivity index (χ4n) is 1.32. The van der Waals surface area contributed by atoms with Crippen molar-refractivity contribution in [1.29, 1.82) is 10.5 Å². The maximum absolute atomic E-state index is 8.92. The molecule has 5 nitrogen and oxygen atoms in total. The van der Waals surface area contributed by atoms with Crippen LogP contribution in [0, 0.1) is 29.6 Å². The number of nitrogens with zero attached hydrogens (tertiary/aromatic N) is 5. The van der Waals surface area contributed by atoms with E-state index in [9.17, 15) is 0 Å². The second-order valence-corrected chi connectivity index (χ2v) is 4.12. The van der Waals surface area contributed by atoms with E-state index < -0.39 is 0 Å². The van der Waals surface area contributed by atoms with Crippen LogP contribution in [0.3, 0.4) is 0 Å². The molecule has 0 aliphatic carbocycles. The van der Waals surface area contributed by atoms with Crippen molar-refractivity contribution in [3.8, 4) is 12.1 Å². The molecule has 0 fully saturated rings. The number of hydrogen-bond donors (Lipinski definition) is 0. The van der Waals surface area contributed by atoms with E-state index >= 15 is 0 Å². The van der Waals surface area contributed by atoms with E-state index in [2.05, 4.69) is 9.97 Å². The Kier molecular flexibility index (Phi) is 2.67. The third kappa shape index (κ3) is 1.79. The molecule has 2 rings (SSSR count). The van der Waals surface area contributed by atoms with Gasteiger partial charge in [-0.3, -0.25) is 0 Å². The maximum atomic E-state index is 8.92. The number of thiazole rings is 1.